The molecule has 152 valence electrons. The van der Waals surface area contributed by atoms with Crippen LogP contribution in [0, 0.1) is 57.7 Å². The van der Waals surface area contributed by atoms with E-state index in [0.29, 0.717) is 52.8 Å². The van der Waals surface area contributed by atoms with Gasteiger partial charge in [0.2, 0.25) is 0 Å². The topological polar surface area (TPSA) is 64.2 Å². The van der Waals surface area contributed by atoms with Gasteiger partial charge in [0.1, 0.15) is 0 Å². The molecule has 0 aromatic heterocycles. The molecule has 0 spiro atoms. The summed E-state index contributed by atoms with van der Waals surface area (Å²) in [4.78, 5) is 0. The molecule has 0 amide bonds. The second-order valence-electron chi connectivity index (χ2n) is 11.1. The summed E-state index contributed by atoms with van der Waals surface area (Å²) < 4.78 is 0. The molecule has 0 aromatic carbocycles. The minimum atomic E-state index is -0.184. The Kier molecular flexibility index (Phi) is 5.13. The summed E-state index contributed by atoms with van der Waals surface area (Å²) >= 11 is 0. The molecule has 0 heterocycles. The number of hydrogen-bond donors (Lipinski definition) is 2. The van der Waals surface area contributed by atoms with Gasteiger partial charge in [0.15, 0.2) is 0 Å². The first-order valence-corrected chi connectivity index (χ1v) is 11.5. The lowest BCUT2D eigenvalue weighted by atomic mass is 9.43. The van der Waals surface area contributed by atoms with Crippen molar-refractivity contribution in [2.45, 2.75) is 97.2 Å². The molecular weight excluding hydrogens is 334 g/mol. The maximum absolute atomic E-state index is 11.2. The van der Waals surface area contributed by atoms with Crippen molar-refractivity contribution in [3.63, 3.8) is 0 Å². The molecule has 3 nitrogen and oxygen atoms in total. The summed E-state index contributed by atoms with van der Waals surface area (Å²) in [6.07, 6.45) is 10.3. The van der Waals surface area contributed by atoms with E-state index < -0.39 is 0 Å². The monoisotopic (exact) mass is 373 g/mol. The van der Waals surface area contributed by atoms with Crippen LogP contribution < -0.4 is 0 Å². The Morgan fingerprint density at radius 2 is 1.70 bits per heavy atom. The molecule has 4 unspecified atom stereocenters. The van der Waals surface area contributed by atoms with E-state index in [9.17, 15) is 10.2 Å². The van der Waals surface area contributed by atoms with Gasteiger partial charge in [0.05, 0.1) is 18.3 Å². The maximum atomic E-state index is 11.2. The highest BCUT2D eigenvalue weighted by molar-refractivity contribution is 5.11. The molecular formula is C24H39NO2. The Labute approximate surface area is 165 Å². The van der Waals surface area contributed by atoms with Crippen LogP contribution in [-0.2, 0) is 0 Å². The molecule has 27 heavy (non-hydrogen) atoms. The quantitative estimate of drug-likeness (QED) is 0.738. The number of nitrogens with zero attached hydrogens (tertiary/aromatic N) is 1. The predicted octanol–water partition coefficient (Wildman–Crippen LogP) is 4.92. The van der Waals surface area contributed by atoms with E-state index in [-0.39, 0.29) is 12.2 Å². The van der Waals surface area contributed by atoms with Crippen LogP contribution in [0.15, 0.2) is 0 Å². The minimum absolute atomic E-state index is 0.155. The summed E-state index contributed by atoms with van der Waals surface area (Å²) in [7, 11) is 0. The molecule has 0 radical (unpaired) electrons. The van der Waals surface area contributed by atoms with E-state index >= 15 is 0 Å². The molecule has 3 heteroatoms. The van der Waals surface area contributed by atoms with Crippen LogP contribution in [0.3, 0.4) is 0 Å². The highest BCUT2D eigenvalue weighted by atomic mass is 16.3. The lowest BCUT2D eigenvalue weighted by Gasteiger charge is -2.62. The largest absolute Gasteiger partial charge is 0.393 e. The standard InChI is InChI=1S/C24H39NO2/c1-15(5-4-12-25)18-6-7-19-22-20(9-11-24(18,19)3)23(2)10-8-17(26)13-16(23)14-21(22)27/h15-22,26-27H,4-11,13-14H2,1-3H3/t15-,16?,17-,18-,19+,20+,21-,22?,23?,24?/m1/s1. The van der Waals surface area contributed by atoms with E-state index in [4.69, 9.17) is 5.26 Å². The highest BCUT2D eigenvalue weighted by Gasteiger charge is 2.62. The van der Waals surface area contributed by atoms with Crippen molar-refractivity contribution in [2.75, 3.05) is 0 Å². The third-order valence-corrected chi connectivity index (χ3v) is 10.1. The van der Waals surface area contributed by atoms with E-state index in [1.807, 2.05) is 0 Å². The fourth-order valence-corrected chi connectivity index (χ4v) is 8.67. The smallest absolute Gasteiger partial charge is 0.0621 e. The van der Waals surface area contributed by atoms with E-state index in [0.717, 1.165) is 32.1 Å². The van der Waals surface area contributed by atoms with Gasteiger partial charge in [0, 0.05) is 6.42 Å². The van der Waals surface area contributed by atoms with Crippen LogP contribution in [0.2, 0.25) is 0 Å². The molecule has 0 aromatic rings. The Hall–Kier alpha value is -0.590. The van der Waals surface area contributed by atoms with Gasteiger partial charge in [-0.05, 0) is 104 Å². The Bertz CT molecular complexity index is 600. The molecule has 4 aliphatic carbocycles. The Balaban J connectivity index is 1.58. The number of hydrogen-bond acceptors (Lipinski definition) is 3. The zero-order valence-electron chi connectivity index (χ0n) is 17.5. The van der Waals surface area contributed by atoms with Crippen LogP contribution in [0.5, 0.6) is 0 Å². The van der Waals surface area contributed by atoms with Gasteiger partial charge in [0.25, 0.3) is 0 Å². The fourth-order valence-electron chi connectivity index (χ4n) is 8.67. The van der Waals surface area contributed by atoms with E-state index in [1.165, 1.54) is 25.7 Å². The van der Waals surface area contributed by atoms with Crippen molar-refractivity contribution in [3.05, 3.63) is 0 Å². The molecule has 4 saturated carbocycles. The molecule has 4 rings (SSSR count). The van der Waals surface area contributed by atoms with Gasteiger partial charge >= 0.3 is 0 Å². The van der Waals surface area contributed by atoms with Crippen LogP contribution in [-0.4, -0.2) is 22.4 Å². The molecule has 2 N–H and O–H groups in total. The van der Waals surface area contributed by atoms with Crippen LogP contribution in [0.25, 0.3) is 0 Å². The average Bonchev–Trinajstić information content (AvgIpc) is 2.98. The number of aliphatic hydroxyl groups excluding tert-OH is 2. The summed E-state index contributed by atoms with van der Waals surface area (Å²) in [5, 5.41) is 30.4. The van der Waals surface area contributed by atoms with Crippen molar-refractivity contribution in [3.8, 4) is 6.07 Å². The van der Waals surface area contributed by atoms with Gasteiger partial charge in [-0.3, -0.25) is 0 Å². The molecule has 10 atom stereocenters. The summed E-state index contributed by atoms with van der Waals surface area (Å²) in [6, 6.07) is 2.34. The maximum Gasteiger partial charge on any atom is 0.0621 e. The number of rotatable bonds is 3. The van der Waals surface area contributed by atoms with Crippen molar-refractivity contribution in [2.24, 2.45) is 46.3 Å². The van der Waals surface area contributed by atoms with Crippen molar-refractivity contribution in [1.29, 1.82) is 5.26 Å². The van der Waals surface area contributed by atoms with E-state index in [2.05, 4.69) is 26.8 Å². The molecule has 0 aliphatic heterocycles. The van der Waals surface area contributed by atoms with E-state index in [1.54, 1.807) is 0 Å². The molecule has 4 fully saturated rings. The van der Waals surface area contributed by atoms with Gasteiger partial charge in [-0.1, -0.05) is 20.8 Å². The summed E-state index contributed by atoms with van der Waals surface area (Å²) in [5.41, 5.74) is 0.656. The number of fused-ring (bicyclic) bond motifs is 5. The molecule has 4 aliphatic rings. The van der Waals surface area contributed by atoms with Gasteiger partial charge in [-0.15, -0.1) is 0 Å². The van der Waals surface area contributed by atoms with Gasteiger partial charge in [-0.25, -0.2) is 0 Å². The Morgan fingerprint density at radius 3 is 2.44 bits per heavy atom. The van der Waals surface area contributed by atoms with Crippen molar-refractivity contribution < 1.29 is 10.2 Å². The average molecular weight is 374 g/mol. The Morgan fingerprint density at radius 1 is 1.00 bits per heavy atom. The first kappa shape index (κ1) is 19.7. The first-order chi connectivity index (χ1) is 12.8. The summed E-state index contributed by atoms with van der Waals surface area (Å²) in [5.74, 6) is 3.55. The SMILES string of the molecule is C[C@H](CCC#N)[C@H]1CC[C@H]2C3[C@H](O)CC4C[C@H](O)CCC4(C)[C@H]3CCC12C. The predicted molar refractivity (Wildman–Crippen MR) is 107 cm³/mol. The van der Waals surface area contributed by atoms with Crippen LogP contribution in [0.1, 0.15) is 85.0 Å². The van der Waals surface area contributed by atoms with Crippen LogP contribution in [0.4, 0.5) is 0 Å². The third kappa shape index (κ3) is 2.98. The van der Waals surface area contributed by atoms with Crippen LogP contribution >= 0.6 is 0 Å². The molecule has 0 saturated heterocycles. The molecule has 0 bridgehead atoms. The zero-order valence-corrected chi connectivity index (χ0v) is 17.5. The summed E-state index contributed by atoms with van der Waals surface area (Å²) in [6.45, 7) is 7.36. The number of aliphatic hydroxyl groups is 2. The third-order valence-electron chi connectivity index (χ3n) is 10.1. The lowest BCUT2D eigenvalue weighted by molar-refractivity contribution is -0.174. The second kappa shape index (κ2) is 7.03. The van der Waals surface area contributed by atoms with Gasteiger partial charge < -0.3 is 10.2 Å². The number of nitriles is 1. The first-order valence-electron chi connectivity index (χ1n) is 11.5. The van der Waals surface area contributed by atoms with Crippen molar-refractivity contribution in [1.82, 2.24) is 0 Å². The highest BCUT2D eigenvalue weighted by Crippen LogP contribution is 2.68. The van der Waals surface area contributed by atoms with Gasteiger partial charge in [-0.2, -0.15) is 5.26 Å². The zero-order chi connectivity index (χ0) is 19.4. The fraction of sp³-hybridized carbons (Fsp3) is 0.958. The minimum Gasteiger partial charge on any atom is -0.393 e. The van der Waals surface area contributed by atoms with Crippen molar-refractivity contribution >= 4 is 0 Å². The normalized spacial score (nSPS) is 53.0. The lowest BCUT2D eigenvalue weighted by Crippen LogP contribution is -2.58. The second-order valence-corrected chi connectivity index (χ2v) is 11.1.